The number of amides is 3. The molecule has 0 spiro atoms. The zero-order chi connectivity index (χ0) is 20.3. The molecular formula is C20H19BrClN3O3. The number of nitrogens with one attached hydrogen (secondary N) is 2. The first-order chi connectivity index (χ1) is 13.3. The first-order valence-electron chi connectivity index (χ1n) is 8.82. The van der Waals surface area contributed by atoms with Crippen LogP contribution in [0.2, 0.25) is 5.02 Å². The van der Waals surface area contributed by atoms with E-state index in [2.05, 4.69) is 26.6 Å². The van der Waals surface area contributed by atoms with E-state index in [0.717, 1.165) is 10.9 Å². The van der Waals surface area contributed by atoms with Gasteiger partial charge in [0, 0.05) is 28.7 Å². The van der Waals surface area contributed by atoms with Crippen LogP contribution in [0.4, 0.5) is 11.4 Å². The predicted molar refractivity (Wildman–Crippen MR) is 113 cm³/mol. The maximum absolute atomic E-state index is 12.4. The Bertz CT molecular complexity index is 917. The fourth-order valence-electron chi connectivity index (χ4n) is 2.90. The number of hydrogen-bond donors (Lipinski definition) is 2. The van der Waals surface area contributed by atoms with E-state index >= 15 is 0 Å². The lowest BCUT2D eigenvalue weighted by molar-refractivity contribution is -0.118. The second-order valence-electron chi connectivity index (χ2n) is 6.51. The van der Waals surface area contributed by atoms with Gasteiger partial charge in [-0.25, -0.2) is 0 Å². The number of nitrogens with zero attached hydrogens (tertiary/aromatic N) is 1. The molecule has 2 aromatic carbocycles. The molecule has 0 aliphatic carbocycles. The van der Waals surface area contributed by atoms with E-state index in [0.29, 0.717) is 34.9 Å². The van der Waals surface area contributed by atoms with Gasteiger partial charge in [-0.05, 0) is 55.8 Å². The molecule has 146 valence electrons. The Kier molecular flexibility index (Phi) is 6.36. The summed E-state index contributed by atoms with van der Waals surface area (Å²) in [6.45, 7) is 2.24. The molecule has 1 aliphatic rings. The van der Waals surface area contributed by atoms with Crippen LogP contribution in [-0.2, 0) is 9.59 Å². The average Bonchev–Trinajstić information content (AvgIpc) is 3.08. The van der Waals surface area contributed by atoms with Crippen LogP contribution in [0.1, 0.15) is 30.1 Å². The van der Waals surface area contributed by atoms with Crippen molar-refractivity contribution in [1.29, 1.82) is 0 Å². The van der Waals surface area contributed by atoms with Gasteiger partial charge in [-0.15, -0.1) is 0 Å². The molecule has 8 heteroatoms. The van der Waals surface area contributed by atoms with Gasteiger partial charge >= 0.3 is 0 Å². The molecule has 1 saturated heterocycles. The van der Waals surface area contributed by atoms with Gasteiger partial charge in [0.2, 0.25) is 11.8 Å². The quantitative estimate of drug-likeness (QED) is 0.702. The van der Waals surface area contributed by atoms with E-state index in [4.69, 9.17) is 11.6 Å². The Morgan fingerprint density at radius 3 is 2.50 bits per heavy atom. The van der Waals surface area contributed by atoms with Gasteiger partial charge in [-0.2, -0.15) is 0 Å². The van der Waals surface area contributed by atoms with Crippen molar-refractivity contribution >= 4 is 56.6 Å². The van der Waals surface area contributed by atoms with Crippen LogP contribution in [0, 0.1) is 0 Å². The van der Waals surface area contributed by atoms with Gasteiger partial charge in [0.05, 0.1) is 10.7 Å². The molecule has 0 unspecified atom stereocenters. The third-order valence-corrected chi connectivity index (χ3v) is 5.26. The Morgan fingerprint density at radius 1 is 1.18 bits per heavy atom. The highest BCUT2D eigenvalue weighted by Crippen LogP contribution is 2.31. The second-order valence-corrected chi connectivity index (χ2v) is 7.83. The molecule has 1 atom stereocenters. The minimum atomic E-state index is -0.741. The van der Waals surface area contributed by atoms with Gasteiger partial charge in [-0.1, -0.05) is 27.5 Å². The summed E-state index contributed by atoms with van der Waals surface area (Å²) in [6, 6.07) is 11.1. The van der Waals surface area contributed by atoms with Crippen LogP contribution >= 0.6 is 27.5 Å². The number of rotatable bonds is 5. The Hall–Kier alpha value is -2.38. The summed E-state index contributed by atoms with van der Waals surface area (Å²) < 4.78 is 0.866. The summed E-state index contributed by atoms with van der Waals surface area (Å²) in [5.41, 5.74) is 1.60. The standard InChI is InChI=1S/C20H19BrClN3O3/c1-12(23-20(28)13-4-6-14(21)7-5-13)19(27)24-15-8-9-17(16(22)11-15)25-10-2-3-18(25)26/h4-9,11-12H,2-3,10H2,1H3,(H,23,28)(H,24,27)/t12-/m1/s1. The predicted octanol–water partition coefficient (Wildman–Crippen LogP) is 3.99. The summed E-state index contributed by atoms with van der Waals surface area (Å²) in [6.07, 6.45) is 1.33. The lowest BCUT2D eigenvalue weighted by Crippen LogP contribution is -2.41. The monoisotopic (exact) mass is 463 g/mol. The smallest absolute Gasteiger partial charge is 0.251 e. The van der Waals surface area contributed by atoms with Crippen molar-refractivity contribution in [3.05, 3.63) is 57.5 Å². The minimum Gasteiger partial charge on any atom is -0.341 e. The van der Waals surface area contributed by atoms with Gasteiger partial charge < -0.3 is 15.5 Å². The molecular weight excluding hydrogens is 446 g/mol. The maximum atomic E-state index is 12.4. The van der Waals surface area contributed by atoms with E-state index in [1.807, 2.05) is 0 Å². The number of halogens is 2. The van der Waals surface area contributed by atoms with Crippen LogP contribution in [0.3, 0.4) is 0 Å². The van der Waals surface area contributed by atoms with E-state index in [1.54, 1.807) is 54.3 Å². The Morgan fingerprint density at radius 2 is 1.89 bits per heavy atom. The summed E-state index contributed by atoms with van der Waals surface area (Å²) in [4.78, 5) is 38.2. The van der Waals surface area contributed by atoms with E-state index in [-0.39, 0.29) is 17.7 Å². The molecule has 1 aliphatic heterocycles. The minimum absolute atomic E-state index is 0.0444. The largest absolute Gasteiger partial charge is 0.341 e. The Labute approximate surface area is 176 Å². The Balaban J connectivity index is 1.62. The lowest BCUT2D eigenvalue weighted by Gasteiger charge is -2.19. The SMILES string of the molecule is C[C@@H](NC(=O)c1ccc(Br)cc1)C(=O)Nc1ccc(N2CCCC2=O)c(Cl)c1. The van der Waals surface area contributed by atoms with Crippen molar-refractivity contribution in [2.24, 2.45) is 0 Å². The van der Waals surface area contributed by atoms with E-state index in [9.17, 15) is 14.4 Å². The molecule has 3 rings (SSSR count). The van der Waals surface area contributed by atoms with Crippen molar-refractivity contribution in [2.45, 2.75) is 25.8 Å². The van der Waals surface area contributed by atoms with Gasteiger partial charge in [-0.3, -0.25) is 14.4 Å². The highest BCUT2D eigenvalue weighted by Gasteiger charge is 2.24. The molecule has 1 fully saturated rings. The molecule has 0 aromatic heterocycles. The summed E-state index contributed by atoms with van der Waals surface area (Å²) in [7, 11) is 0. The van der Waals surface area contributed by atoms with Crippen molar-refractivity contribution in [1.82, 2.24) is 5.32 Å². The normalized spacial score (nSPS) is 14.7. The molecule has 28 heavy (non-hydrogen) atoms. The molecule has 1 heterocycles. The highest BCUT2D eigenvalue weighted by molar-refractivity contribution is 9.10. The lowest BCUT2D eigenvalue weighted by atomic mass is 10.2. The highest BCUT2D eigenvalue weighted by atomic mass is 79.9. The molecule has 0 saturated carbocycles. The van der Waals surface area contributed by atoms with Crippen molar-refractivity contribution < 1.29 is 14.4 Å². The summed E-state index contributed by atoms with van der Waals surface area (Å²) in [5.74, 6) is -0.662. The topological polar surface area (TPSA) is 78.5 Å². The molecule has 2 N–H and O–H groups in total. The molecule has 2 aromatic rings. The van der Waals surface area contributed by atoms with Crippen LogP contribution in [-0.4, -0.2) is 30.3 Å². The van der Waals surface area contributed by atoms with Gasteiger partial charge in [0.1, 0.15) is 6.04 Å². The van der Waals surface area contributed by atoms with Crippen molar-refractivity contribution in [3.8, 4) is 0 Å². The second kappa shape index (κ2) is 8.75. The number of carbonyl (C=O) groups excluding carboxylic acids is 3. The first kappa shape index (κ1) is 20.4. The summed E-state index contributed by atoms with van der Waals surface area (Å²) in [5, 5.41) is 5.78. The fraction of sp³-hybridized carbons (Fsp3) is 0.250. The number of anilines is 2. The zero-order valence-electron chi connectivity index (χ0n) is 15.2. The van der Waals surface area contributed by atoms with E-state index < -0.39 is 6.04 Å². The number of hydrogen-bond acceptors (Lipinski definition) is 3. The number of benzene rings is 2. The summed E-state index contributed by atoms with van der Waals surface area (Å²) >= 11 is 9.61. The van der Waals surface area contributed by atoms with E-state index in [1.165, 1.54) is 0 Å². The first-order valence-corrected chi connectivity index (χ1v) is 9.99. The molecule has 0 radical (unpaired) electrons. The third kappa shape index (κ3) is 4.72. The van der Waals surface area contributed by atoms with Gasteiger partial charge in [0.15, 0.2) is 0 Å². The van der Waals surface area contributed by atoms with Crippen LogP contribution < -0.4 is 15.5 Å². The van der Waals surface area contributed by atoms with Crippen LogP contribution in [0.15, 0.2) is 46.9 Å². The van der Waals surface area contributed by atoms with Crippen molar-refractivity contribution in [3.63, 3.8) is 0 Å². The average molecular weight is 465 g/mol. The fourth-order valence-corrected chi connectivity index (χ4v) is 3.45. The number of carbonyl (C=O) groups is 3. The molecule has 0 bridgehead atoms. The van der Waals surface area contributed by atoms with Crippen molar-refractivity contribution in [2.75, 3.05) is 16.8 Å². The van der Waals surface area contributed by atoms with Crippen LogP contribution in [0.25, 0.3) is 0 Å². The third-order valence-electron chi connectivity index (χ3n) is 4.43. The van der Waals surface area contributed by atoms with Gasteiger partial charge in [0.25, 0.3) is 5.91 Å². The molecule has 3 amide bonds. The maximum Gasteiger partial charge on any atom is 0.251 e. The molecule has 6 nitrogen and oxygen atoms in total. The van der Waals surface area contributed by atoms with Crippen LogP contribution in [0.5, 0.6) is 0 Å². The zero-order valence-corrected chi connectivity index (χ0v) is 17.5.